The number of rotatable bonds is 4. The van der Waals surface area contributed by atoms with Gasteiger partial charge in [-0.1, -0.05) is 41.9 Å². The fourth-order valence-corrected chi connectivity index (χ4v) is 3.02. The molecular formula is C17H18ClNO. The Hall–Kier alpha value is -1.51. The first-order valence-electron chi connectivity index (χ1n) is 6.94. The van der Waals surface area contributed by atoms with Crippen LogP contribution in [0.3, 0.4) is 0 Å². The number of halogens is 1. The number of fused-ring (bicyclic) bond motifs is 1. The predicted octanol–water partition coefficient (Wildman–Crippen LogP) is 3.78. The molecule has 1 unspecified atom stereocenters. The van der Waals surface area contributed by atoms with E-state index in [0.29, 0.717) is 0 Å². The lowest BCUT2D eigenvalue weighted by Crippen LogP contribution is -2.19. The van der Waals surface area contributed by atoms with Crippen LogP contribution >= 0.6 is 11.6 Å². The zero-order valence-electron chi connectivity index (χ0n) is 11.5. The van der Waals surface area contributed by atoms with Crippen LogP contribution in [0, 0.1) is 0 Å². The summed E-state index contributed by atoms with van der Waals surface area (Å²) in [5.74, 6) is 1.02. The van der Waals surface area contributed by atoms with E-state index in [1.165, 1.54) is 11.1 Å². The average Bonchev–Trinajstić information content (AvgIpc) is 2.93. The van der Waals surface area contributed by atoms with Crippen LogP contribution in [0.15, 0.2) is 42.5 Å². The second kappa shape index (κ2) is 5.86. The number of benzene rings is 2. The quantitative estimate of drug-likeness (QED) is 0.924. The van der Waals surface area contributed by atoms with E-state index in [-0.39, 0.29) is 6.04 Å². The van der Waals surface area contributed by atoms with Gasteiger partial charge < -0.3 is 10.1 Å². The largest absolute Gasteiger partial charge is 0.493 e. The highest BCUT2D eigenvalue weighted by Gasteiger charge is 2.22. The van der Waals surface area contributed by atoms with Gasteiger partial charge in [-0.3, -0.25) is 0 Å². The van der Waals surface area contributed by atoms with Gasteiger partial charge in [0.1, 0.15) is 5.75 Å². The minimum absolute atomic E-state index is 0.211. The molecule has 1 N–H and O–H groups in total. The summed E-state index contributed by atoms with van der Waals surface area (Å²) in [7, 11) is 1.98. The van der Waals surface area contributed by atoms with E-state index in [1.54, 1.807) is 0 Å². The monoisotopic (exact) mass is 287 g/mol. The third-order valence-electron chi connectivity index (χ3n) is 3.78. The van der Waals surface area contributed by atoms with E-state index < -0.39 is 0 Å². The standard InChI is InChI=1S/C17H18ClNO/c1-19-16(9-12-5-3-2-4-6-12)15-11-14(18)10-13-7-8-20-17(13)15/h2-6,10-11,16,19H,7-9H2,1H3. The zero-order chi connectivity index (χ0) is 13.9. The Balaban J connectivity index is 1.94. The van der Waals surface area contributed by atoms with E-state index in [2.05, 4.69) is 29.6 Å². The molecular weight excluding hydrogens is 270 g/mol. The summed E-state index contributed by atoms with van der Waals surface area (Å²) in [5, 5.41) is 4.17. The van der Waals surface area contributed by atoms with Crippen molar-refractivity contribution in [1.82, 2.24) is 5.32 Å². The van der Waals surface area contributed by atoms with Gasteiger partial charge in [0.2, 0.25) is 0 Å². The lowest BCUT2D eigenvalue weighted by molar-refractivity contribution is 0.349. The first kappa shape index (κ1) is 13.5. The molecule has 0 radical (unpaired) electrons. The Labute approximate surface area is 124 Å². The molecule has 3 rings (SSSR count). The van der Waals surface area contributed by atoms with Crippen LogP contribution in [0.4, 0.5) is 0 Å². The third kappa shape index (κ3) is 2.67. The van der Waals surface area contributed by atoms with Gasteiger partial charge in [-0.2, -0.15) is 0 Å². The summed E-state index contributed by atoms with van der Waals surface area (Å²) in [6, 6.07) is 14.7. The molecule has 2 aromatic carbocycles. The van der Waals surface area contributed by atoms with Gasteiger partial charge in [-0.15, -0.1) is 0 Å². The molecule has 0 spiro atoms. The molecule has 1 heterocycles. The average molecular weight is 288 g/mol. The molecule has 0 saturated carbocycles. The van der Waals surface area contributed by atoms with E-state index in [4.69, 9.17) is 16.3 Å². The van der Waals surface area contributed by atoms with Crippen molar-refractivity contribution in [2.24, 2.45) is 0 Å². The molecule has 0 amide bonds. The van der Waals surface area contributed by atoms with Crippen molar-refractivity contribution in [3.05, 3.63) is 64.2 Å². The summed E-state index contributed by atoms with van der Waals surface area (Å²) >= 11 is 6.25. The SMILES string of the molecule is CNC(Cc1ccccc1)c1cc(Cl)cc2c1OCC2. The molecule has 2 nitrogen and oxygen atoms in total. The molecule has 0 aromatic heterocycles. The van der Waals surface area contributed by atoms with Crippen LogP contribution in [0.2, 0.25) is 5.02 Å². The Morgan fingerprint density at radius 2 is 2.05 bits per heavy atom. The number of likely N-dealkylation sites (N-methyl/N-ethyl adjacent to an activating group) is 1. The lowest BCUT2D eigenvalue weighted by atomic mass is 9.96. The first-order valence-corrected chi connectivity index (χ1v) is 7.32. The fraction of sp³-hybridized carbons (Fsp3) is 0.294. The van der Waals surface area contributed by atoms with Gasteiger partial charge in [0.15, 0.2) is 0 Å². The van der Waals surface area contributed by atoms with E-state index >= 15 is 0 Å². The maximum atomic E-state index is 6.25. The summed E-state index contributed by atoms with van der Waals surface area (Å²) in [6.45, 7) is 0.754. The zero-order valence-corrected chi connectivity index (χ0v) is 12.3. The minimum Gasteiger partial charge on any atom is -0.493 e. The van der Waals surface area contributed by atoms with Gasteiger partial charge in [-0.05, 0) is 36.7 Å². The first-order chi connectivity index (χ1) is 9.78. The summed E-state index contributed by atoms with van der Waals surface area (Å²) in [5.41, 5.74) is 3.69. The van der Waals surface area contributed by atoms with Crippen molar-refractivity contribution in [3.8, 4) is 5.75 Å². The van der Waals surface area contributed by atoms with Crippen LogP contribution in [-0.4, -0.2) is 13.7 Å². The smallest absolute Gasteiger partial charge is 0.127 e. The lowest BCUT2D eigenvalue weighted by Gasteiger charge is -2.20. The van der Waals surface area contributed by atoms with Gasteiger partial charge in [0.05, 0.1) is 6.61 Å². The molecule has 2 aromatic rings. The highest BCUT2D eigenvalue weighted by Crippen LogP contribution is 2.37. The minimum atomic E-state index is 0.211. The summed E-state index contributed by atoms with van der Waals surface area (Å²) in [6.07, 6.45) is 1.87. The normalized spacial score (nSPS) is 14.7. The van der Waals surface area contributed by atoms with Gasteiger partial charge in [-0.25, -0.2) is 0 Å². The van der Waals surface area contributed by atoms with E-state index in [9.17, 15) is 0 Å². The Morgan fingerprint density at radius 3 is 2.80 bits per heavy atom. The molecule has 1 atom stereocenters. The van der Waals surface area contributed by atoms with Gasteiger partial charge in [0, 0.05) is 23.0 Å². The molecule has 20 heavy (non-hydrogen) atoms. The summed E-state index contributed by atoms with van der Waals surface area (Å²) < 4.78 is 5.81. The van der Waals surface area contributed by atoms with Crippen LogP contribution in [-0.2, 0) is 12.8 Å². The molecule has 1 aliphatic heterocycles. The second-order valence-corrected chi connectivity index (χ2v) is 5.55. The fourth-order valence-electron chi connectivity index (χ4n) is 2.77. The predicted molar refractivity (Wildman–Crippen MR) is 82.6 cm³/mol. The summed E-state index contributed by atoms with van der Waals surface area (Å²) in [4.78, 5) is 0. The van der Waals surface area contributed by atoms with Crippen molar-refractivity contribution >= 4 is 11.6 Å². The van der Waals surface area contributed by atoms with Crippen molar-refractivity contribution < 1.29 is 4.74 Å². The van der Waals surface area contributed by atoms with Crippen LogP contribution < -0.4 is 10.1 Å². The van der Waals surface area contributed by atoms with Crippen LogP contribution in [0.5, 0.6) is 5.75 Å². The van der Waals surface area contributed by atoms with Gasteiger partial charge in [0.25, 0.3) is 0 Å². The van der Waals surface area contributed by atoms with Crippen molar-refractivity contribution in [2.75, 3.05) is 13.7 Å². The number of hydrogen-bond donors (Lipinski definition) is 1. The second-order valence-electron chi connectivity index (χ2n) is 5.11. The molecule has 104 valence electrons. The van der Waals surface area contributed by atoms with Crippen LogP contribution in [0.1, 0.15) is 22.7 Å². The Morgan fingerprint density at radius 1 is 1.25 bits per heavy atom. The topological polar surface area (TPSA) is 21.3 Å². The maximum Gasteiger partial charge on any atom is 0.127 e. The van der Waals surface area contributed by atoms with E-state index in [1.807, 2.05) is 25.2 Å². The number of hydrogen-bond acceptors (Lipinski definition) is 2. The van der Waals surface area contributed by atoms with E-state index in [0.717, 1.165) is 35.8 Å². The molecule has 3 heteroatoms. The number of ether oxygens (including phenoxy) is 1. The molecule has 1 aliphatic rings. The molecule has 0 aliphatic carbocycles. The maximum absolute atomic E-state index is 6.25. The highest BCUT2D eigenvalue weighted by atomic mass is 35.5. The van der Waals surface area contributed by atoms with Crippen LogP contribution in [0.25, 0.3) is 0 Å². The molecule has 0 saturated heterocycles. The number of nitrogens with one attached hydrogen (secondary N) is 1. The molecule has 0 bridgehead atoms. The van der Waals surface area contributed by atoms with Gasteiger partial charge >= 0.3 is 0 Å². The van der Waals surface area contributed by atoms with Crippen molar-refractivity contribution in [2.45, 2.75) is 18.9 Å². The Kier molecular flexibility index (Phi) is 3.95. The highest BCUT2D eigenvalue weighted by molar-refractivity contribution is 6.30. The molecule has 0 fully saturated rings. The van der Waals surface area contributed by atoms with Crippen molar-refractivity contribution in [1.29, 1.82) is 0 Å². The Bertz CT molecular complexity index is 597. The third-order valence-corrected chi connectivity index (χ3v) is 4.00. The van der Waals surface area contributed by atoms with Crippen molar-refractivity contribution in [3.63, 3.8) is 0 Å².